The van der Waals surface area contributed by atoms with Crippen LogP contribution in [0.4, 0.5) is 11.4 Å². The normalized spacial score (nSPS) is 9.47. The van der Waals surface area contributed by atoms with Crippen molar-refractivity contribution in [3.63, 3.8) is 0 Å². The largest absolute Gasteiger partial charge is 0.399 e. The molecule has 0 radical (unpaired) electrons. The quantitative estimate of drug-likeness (QED) is 0.603. The second-order valence-electron chi connectivity index (χ2n) is 2.96. The molecule has 1 aromatic carbocycles. The van der Waals surface area contributed by atoms with Crippen LogP contribution < -0.4 is 10.6 Å². The van der Waals surface area contributed by atoms with Crippen molar-refractivity contribution in [2.45, 2.75) is 0 Å². The average molecular weight is 403 g/mol. The van der Waals surface area contributed by atoms with E-state index < -0.39 is 0 Å². The van der Waals surface area contributed by atoms with E-state index in [1.807, 2.05) is 12.1 Å². The van der Waals surface area contributed by atoms with Gasteiger partial charge in [0, 0.05) is 35.1 Å². The zero-order valence-electron chi connectivity index (χ0n) is 8.33. The van der Waals surface area contributed by atoms with Gasteiger partial charge in [-0.3, -0.25) is 0 Å². The smallest absolute Gasteiger partial charge is 0.0368 e. The Bertz CT molecular complexity index is 258. The van der Waals surface area contributed by atoms with Crippen LogP contribution in [-0.2, 0) is 0 Å². The van der Waals surface area contributed by atoms with Crippen LogP contribution in [0, 0.1) is 0 Å². The molecule has 0 aliphatic carbocycles. The zero-order valence-corrected chi connectivity index (χ0v) is 13.2. The lowest BCUT2D eigenvalue weighted by Crippen LogP contribution is -2.27. The first-order valence-electron chi connectivity index (χ1n) is 4.50. The predicted molar refractivity (Wildman–Crippen MR) is 81.0 cm³/mol. The standard InChI is InChI=1S/C10H14Br2N2.BrH/c11-5-7-14(8-6-12)10-3-1-9(13)2-4-10;/h1-4H,5-8,13H2;1H. The third kappa shape index (κ3) is 5.22. The topological polar surface area (TPSA) is 29.3 Å². The molecule has 86 valence electrons. The van der Waals surface area contributed by atoms with Gasteiger partial charge in [-0.25, -0.2) is 0 Å². The first kappa shape index (κ1) is 15.3. The Hall–Kier alpha value is 0.260. The summed E-state index contributed by atoms with van der Waals surface area (Å²) < 4.78 is 0. The number of benzene rings is 1. The van der Waals surface area contributed by atoms with Crippen LogP contribution in [0.15, 0.2) is 24.3 Å². The molecule has 0 atom stereocenters. The molecule has 15 heavy (non-hydrogen) atoms. The Labute approximate surface area is 118 Å². The molecular weight excluding hydrogens is 388 g/mol. The van der Waals surface area contributed by atoms with Gasteiger partial charge in [-0.2, -0.15) is 0 Å². The Morgan fingerprint density at radius 2 is 1.47 bits per heavy atom. The van der Waals surface area contributed by atoms with Crippen molar-refractivity contribution in [1.82, 2.24) is 0 Å². The maximum Gasteiger partial charge on any atom is 0.0368 e. The van der Waals surface area contributed by atoms with E-state index in [2.05, 4.69) is 48.9 Å². The number of halogens is 3. The highest BCUT2D eigenvalue weighted by atomic mass is 79.9. The van der Waals surface area contributed by atoms with E-state index in [-0.39, 0.29) is 17.0 Å². The molecule has 0 spiro atoms. The average Bonchev–Trinajstić information content (AvgIpc) is 2.19. The third-order valence-corrected chi connectivity index (χ3v) is 2.68. The Kier molecular flexibility index (Phi) is 8.56. The lowest BCUT2D eigenvalue weighted by Gasteiger charge is -2.22. The lowest BCUT2D eigenvalue weighted by atomic mass is 10.2. The SMILES string of the molecule is Br.Nc1ccc(N(CCBr)CCBr)cc1. The van der Waals surface area contributed by atoms with E-state index in [1.165, 1.54) is 5.69 Å². The van der Waals surface area contributed by atoms with Gasteiger partial charge >= 0.3 is 0 Å². The molecule has 0 unspecified atom stereocenters. The molecule has 0 aliphatic heterocycles. The Balaban J connectivity index is 0.00000196. The van der Waals surface area contributed by atoms with Crippen molar-refractivity contribution in [2.75, 3.05) is 34.4 Å². The number of nitrogens with zero attached hydrogens (tertiary/aromatic N) is 1. The number of rotatable bonds is 5. The minimum absolute atomic E-state index is 0. The van der Waals surface area contributed by atoms with Crippen LogP contribution >= 0.6 is 48.8 Å². The van der Waals surface area contributed by atoms with Crippen LogP contribution in [-0.4, -0.2) is 23.7 Å². The molecular formula is C10H15Br3N2. The molecule has 1 aromatic rings. The predicted octanol–water partition coefficient (Wildman–Crippen LogP) is 3.44. The van der Waals surface area contributed by atoms with Crippen LogP contribution in [0.3, 0.4) is 0 Å². The summed E-state index contributed by atoms with van der Waals surface area (Å²) in [5, 5.41) is 1.95. The summed E-state index contributed by atoms with van der Waals surface area (Å²) in [6, 6.07) is 7.98. The molecule has 0 aliphatic rings. The van der Waals surface area contributed by atoms with E-state index in [9.17, 15) is 0 Å². The Morgan fingerprint density at radius 3 is 1.87 bits per heavy atom. The van der Waals surface area contributed by atoms with Gasteiger partial charge in [0.1, 0.15) is 0 Å². The highest BCUT2D eigenvalue weighted by molar-refractivity contribution is 9.09. The second kappa shape index (κ2) is 8.42. The van der Waals surface area contributed by atoms with Crippen LogP contribution in [0.5, 0.6) is 0 Å². The van der Waals surface area contributed by atoms with Gasteiger partial charge in [-0.15, -0.1) is 17.0 Å². The molecule has 1 rings (SSSR count). The van der Waals surface area contributed by atoms with Gasteiger partial charge < -0.3 is 10.6 Å². The Morgan fingerprint density at radius 1 is 1.00 bits per heavy atom. The van der Waals surface area contributed by atoms with Gasteiger partial charge in [-0.05, 0) is 24.3 Å². The fourth-order valence-corrected chi connectivity index (χ4v) is 2.12. The molecule has 0 bridgehead atoms. The van der Waals surface area contributed by atoms with Crippen molar-refractivity contribution < 1.29 is 0 Å². The number of hydrogen-bond donors (Lipinski definition) is 1. The summed E-state index contributed by atoms with van der Waals surface area (Å²) in [6.45, 7) is 2.02. The highest BCUT2D eigenvalue weighted by Crippen LogP contribution is 2.16. The molecule has 2 N–H and O–H groups in total. The van der Waals surface area contributed by atoms with E-state index in [0.717, 1.165) is 29.4 Å². The number of nitrogens with two attached hydrogens (primary N) is 1. The summed E-state index contributed by atoms with van der Waals surface area (Å²) in [4.78, 5) is 2.31. The van der Waals surface area contributed by atoms with Crippen LogP contribution in [0.1, 0.15) is 0 Å². The van der Waals surface area contributed by atoms with Crippen LogP contribution in [0.2, 0.25) is 0 Å². The molecule has 0 saturated carbocycles. The molecule has 0 fully saturated rings. The van der Waals surface area contributed by atoms with Crippen molar-refractivity contribution in [3.05, 3.63) is 24.3 Å². The first-order chi connectivity index (χ1) is 6.77. The summed E-state index contributed by atoms with van der Waals surface area (Å²) in [5.74, 6) is 0. The number of hydrogen-bond acceptors (Lipinski definition) is 2. The van der Waals surface area contributed by atoms with Gasteiger partial charge in [0.15, 0.2) is 0 Å². The van der Waals surface area contributed by atoms with Crippen molar-refractivity contribution in [1.29, 1.82) is 0 Å². The first-order valence-corrected chi connectivity index (χ1v) is 6.74. The summed E-state index contributed by atoms with van der Waals surface area (Å²) in [5.41, 5.74) is 7.67. The fourth-order valence-electron chi connectivity index (χ4n) is 1.26. The number of alkyl halides is 2. The van der Waals surface area contributed by atoms with Gasteiger partial charge in [-0.1, -0.05) is 31.9 Å². The highest BCUT2D eigenvalue weighted by Gasteiger charge is 2.03. The maximum absolute atomic E-state index is 5.64. The minimum Gasteiger partial charge on any atom is -0.399 e. The molecule has 0 amide bonds. The third-order valence-electron chi connectivity index (χ3n) is 1.97. The van der Waals surface area contributed by atoms with Crippen molar-refractivity contribution >= 4 is 60.2 Å². The molecule has 5 heteroatoms. The van der Waals surface area contributed by atoms with E-state index in [4.69, 9.17) is 5.73 Å². The maximum atomic E-state index is 5.64. The number of nitrogen functional groups attached to an aromatic ring is 1. The second-order valence-corrected chi connectivity index (χ2v) is 4.54. The summed E-state index contributed by atoms with van der Waals surface area (Å²) >= 11 is 6.90. The summed E-state index contributed by atoms with van der Waals surface area (Å²) in [6.07, 6.45) is 0. The van der Waals surface area contributed by atoms with Crippen LogP contribution in [0.25, 0.3) is 0 Å². The van der Waals surface area contributed by atoms with Crippen molar-refractivity contribution in [2.24, 2.45) is 0 Å². The molecule has 2 nitrogen and oxygen atoms in total. The van der Waals surface area contributed by atoms with E-state index in [1.54, 1.807) is 0 Å². The fraction of sp³-hybridized carbons (Fsp3) is 0.400. The minimum atomic E-state index is 0. The molecule has 0 aromatic heterocycles. The zero-order chi connectivity index (χ0) is 10.4. The van der Waals surface area contributed by atoms with E-state index >= 15 is 0 Å². The van der Waals surface area contributed by atoms with Gasteiger partial charge in [0.05, 0.1) is 0 Å². The number of anilines is 2. The lowest BCUT2D eigenvalue weighted by molar-refractivity contribution is 0.885. The van der Waals surface area contributed by atoms with Gasteiger partial charge in [0.25, 0.3) is 0 Å². The van der Waals surface area contributed by atoms with Crippen molar-refractivity contribution in [3.8, 4) is 0 Å². The van der Waals surface area contributed by atoms with E-state index in [0.29, 0.717) is 0 Å². The van der Waals surface area contributed by atoms with Gasteiger partial charge in [0.2, 0.25) is 0 Å². The summed E-state index contributed by atoms with van der Waals surface area (Å²) in [7, 11) is 0. The molecule has 0 heterocycles. The molecule has 0 saturated heterocycles. The monoisotopic (exact) mass is 400 g/mol.